The molecule has 1 N–H and O–H groups in total. The maximum atomic E-state index is 5.80. The van der Waals surface area contributed by atoms with Gasteiger partial charge in [0, 0.05) is 24.2 Å². The van der Waals surface area contributed by atoms with Crippen LogP contribution in [0.25, 0.3) is 0 Å². The number of hydrogen-bond acceptors (Lipinski definition) is 3. The number of fused-ring (bicyclic) bond motifs is 1. The molecule has 1 aromatic heterocycles. The smallest absolute Gasteiger partial charge is 0.224 e. The van der Waals surface area contributed by atoms with Crippen LogP contribution in [0.15, 0.2) is 30.5 Å². The molecule has 3 nitrogen and oxygen atoms in total. The zero-order chi connectivity index (χ0) is 12.5. The molecule has 0 saturated carbocycles. The van der Waals surface area contributed by atoms with E-state index in [4.69, 9.17) is 11.6 Å². The minimum atomic E-state index is 0.289. The second-order valence-electron chi connectivity index (χ2n) is 4.65. The second kappa shape index (κ2) is 4.58. The third-order valence-electron chi connectivity index (χ3n) is 3.42. The minimum Gasteiger partial charge on any atom is -0.369 e. The predicted molar refractivity (Wildman–Crippen MR) is 73.2 cm³/mol. The lowest BCUT2D eigenvalue weighted by molar-refractivity contribution is 0.634. The van der Waals surface area contributed by atoms with Crippen molar-refractivity contribution in [2.75, 3.05) is 11.9 Å². The molecule has 1 aromatic carbocycles. The Morgan fingerprint density at radius 2 is 2.22 bits per heavy atom. The number of aryl methyl sites for hydroxylation is 1. The summed E-state index contributed by atoms with van der Waals surface area (Å²) in [6.45, 7) is 2.87. The maximum Gasteiger partial charge on any atom is 0.224 e. The molecule has 1 aliphatic carbocycles. The van der Waals surface area contributed by atoms with E-state index in [9.17, 15) is 0 Å². The fourth-order valence-corrected chi connectivity index (χ4v) is 2.50. The first kappa shape index (κ1) is 11.5. The van der Waals surface area contributed by atoms with Gasteiger partial charge in [-0.1, -0.05) is 24.3 Å². The van der Waals surface area contributed by atoms with Crippen molar-refractivity contribution in [3.8, 4) is 0 Å². The monoisotopic (exact) mass is 259 g/mol. The molecular formula is C14H14ClN3. The number of halogens is 1. The van der Waals surface area contributed by atoms with E-state index < -0.39 is 0 Å². The van der Waals surface area contributed by atoms with E-state index in [1.54, 1.807) is 6.20 Å². The lowest BCUT2D eigenvalue weighted by Gasteiger charge is -2.30. The van der Waals surface area contributed by atoms with E-state index >= 15 is 0 Å². The van der Waals surface area contributed by atoms with Crippen LogP contribution in [0.5, 0.6) is 0 Å². The number of anilines is 1. The summed E-state index contributed by atoms with van der Waals surface area (Å²) in [5.74, 6) is 1.41. The molecule has 1 unspecified atom stereocenters. The summed E-state index contributed by atoms with van der Waals surface area (Å²) in [7, 11) is 0. The normalized spacial score (nSPS) is 16.9. The Labute approximate surface area is 111 Å². The summed E-state index contributed by atoms with van der Waals surface area (Å²) >= 11 is 5.80. The molecule has 0 radical (unpaired) electrons. The zero-order valence-corrected chi connectivity index (χ0v) is 10.9. The average molecular weight is 260 g/mol. The largest absolute Gasteiger partial charge is 0.369 e. The van der Waals surface area contributed by atoms with Crippen molar-refractivity contribution >= 4 is 17.4 Å². The Morgan fingerprint density at radius 3 is 3.06 bits per heavy atom. The van der Waals surface area contributed by atoms with E-state index in [2.05, 4.69) is 39.6 Å². The molecular weight excluding hydrogens is 246 g/mol. The second-order valence-corrected chi connectivity index (χ2v) is 4.99. The Morgan fingerprint density at radius 1 is 1.39 bits per heavy atom. The predicted octanol–water partition coefficient (Wildman–Crippen LogP) is 3.19. The molecule has 18 heavy (non-hydrogen) atoms. The van der Waals surface area contributed by atoms with Crippen molar-refractivity contribution < 1.29 is 0 Å². The van der Waals surface area contributed by atoms with Crippen molar-refractivity contribution in [3.05, 3.63) is 52.4 Å². The van der Waals surface area contributed by atoms with E-state index in [1.807, 2.05) is 6.92 Å². The Balaban J connectivity index is 1.68. The molecule has 0 amide bonds. The van der Waals surface area contributed by atoms with Gasteiger partial charge in [0.1, 0.15) is 5.82 Å². The number of nitrogens with zero attached hydrogens (tertiary/aromatic N) is 2. The number of aromatic nitrogens is 2. The Hall–Kier alpha value is -1.61. The van der Waals surface area contributed by atoms with Gasteiger partial charge >= 0.3 is 0 Å². The van der Waals surface area contributed by atoms with Gasteiger partial charge in [-0.25, -0.2) is 9.97 Å². The molecule has 2 aromatic rings. The summed E-state index contributed by atoms with van der Waals surface area (Å²) in [6.07, 6.45) is 2.88. The first-order chi connectivity index (χ1) is 8.74. The summed E-state index contributed by atoms with van der Waals surface area (Å²) in [5.41, 5.74) is 3.93. The summed E-state index contributed by atoms with van der Waals surface area (Å²) in [6, 6.07) is 8.58. The molecule has 0 aliphatic heterocycles. The molecule has 92 valence electrons. The highest BCUT2D eigenvalue weighted by molar-refractivity contribution is 6.28. The molecule has 0 spiro atoms. The van der Waals surface area contributed by atoms with Gasteiger partial charge < -0.3 is 5.32 Å². The summed E-state index contributed by atoms with van der Waals surface area (Å²) < 4.78 is 0. The molecule has 1 heterocycles. The van der Waals surface area contributed by atoms with Crippen LogP contribution in [0.3, 0.4) is 0 Å². The van der Waals surface area contributed by atoms with Gasteiger partial charge in [0.25, 0.3) is 0 Å². The van der Waals surface area contributed by atoms with Crippen molar-refractivity contribution in [2.45, 2.75) is 19.3 Å². The van der Waals surface area contributed by atoms with Gasteiger partial charge in [0.2, 0.25) is 5.28 Å². The Bertz CT molecular complexity index is 583. The molecule has 0 bridgehead atoms. The topological polar surface area (TPSA) is 37.8 Å². The quantitative estimate of drug-likeness (QED) is 0.861. The van der Waals surface area contributed by atoms with Gasteiger partial charge in [-0.15, -0.1) is 0 Å². The zero-order valence-electron chi connectivity index (χ0n) is 10.2. The van der Waals surface area contributed by atoms with Crippen molar-refractivity contribution in [1.29, 1.82) is 0 Å². The molecule has 4 heteroatoms. The van der Waals surface area contributed by atoms with E-state index in [0.717, 1.165) is 24.3 Å². The molecule has 1 aliphatic rings. The highest BCUT2D eigenvalue weighted by Crippen LogP contribution is 2.34. The van der Waals surface area contributed by atoms with Crippen LogP contribution in [0.1, 0.15) is 22.6 Å². The van der Waals surface area contributed by atoms with Crippen LogP contribution in [-0.4, -0.2) is 16.5 Å². The fraction of sp³-hybridized carbons (Fsp3) is 0.286. The fourth-order valence-electron chi connectivity index (χ4n) is 2.36. The number of rotatable bonds is 3. The van der Waals surface area contributed by atoms with Crippen LogP contribution in [0.4, 0.5) is 5.82 Å². The van der Waals surface area contributed by atoms with Crippen LogP contribution < -0.4 is 5.32 Å². The molecule has 0 fully saturated rings. The third kappa shape index (κ3) is 2.06. The van der Waals surface area contributed by atoms with Crippen LogP contribution >= 0.6 is 11.6 Å². The lowest BCUT2D eigenvalue weighted by atomic mass is 9.77. The van der Waals surface area contributed by atoms with Crippen molar-refractivity contribution in [1.82, 2.24) is 9.97 Å². The summed E-state index contributed by atoms with van der Waals surface area (Å²) in [5, 5.41) is 3.65. The average Bonchev–Trinajstić information content (AvgIpc) is 2.34. The van der Waals surface area contributed by atoms with Crippen molar-refractivity contribution in [3.63, 3.8) is 0 Å². The van der Waals surface area contributed by atoms with E-state index in [-0.39, 0.29) is 5.28 Å². The highest BCUT2D eigenvalue weighted by Gasteiger charge is 2.25. The van der Waals surface area contributed by atoms with Crippen LogP contribution in [0.2, 0.25) is 5.28 Å². The molecule has 3 rings (SSSR count). The van der Waals surface area contributed by atoms with Crippen LogP contribution in [0, 0.1) is 6.92 Å². The lowest BCUT2D eigenvalue weighted by Crippen LogP contribution is -2.24. The standard InChI is InChI=1S/C14H14ClN3/c1-9-7-17-14(15)18-13(9)16-8-11-6-10-4-2-3-5-12(10)11/h2-5,7,11H,6,8H2,1H3,(H,16,17,18). The van der Waals surface area contributed by atoms with Crippen LogP contribution in [-0.2, 0) is 6.42 Å². The first-order valence-electron chi connectivity index (χ1n) is 6.05. The minimum absolute atomic E-state index is 0.289. The van der Waals surface area contributed by atoms with Gasteiger partial charge in [0.05, 0.1) is 0 Å². The molecule has 0 saturated heterocycles. The molecule has 1 atom stereocenters. The van der Waals surface area contributed by atoms with E-state index in [1.165, 1.54) is 11.1 Å². The number of benzene rings is 1. The van der Waals surface area contributed by atoms with Gasteiger partial charge in [-0.05, 0) is 36.1 Å². The highest BCUT2D eigenvalue weighted by atomic mass is 35.5. The Kier molecular flexibility index (Phi) is 2.92. The van der Waals surface area contributed by atoms with Gasteiger partial charge in [-0.2, -0.15) is 0 Å². The SMILES string of the molecule is Cc1cnc(Cl)nc1NCC1Cc2ccccc21. The first-order valence-corrected chi connectivity index (χ1v) is 6.42. The number of nitrogens with one attached hydrogen (secondary N) is 1. The van der Waals surface area contributed by atoms with Gasteiger partial charge in [0.15, 0.2) is 0 Å². The third-order valence-corrected chi connectivity index (χ3v) is 3.60. The summed E-state index contributed by atoms with van der Waals surface area (Å²) in [4.78, 5) is 8.15. The van der Waals surface area contributed by atoms with E-state index in [0.29, 0.717) is 5.92 Å². The number of hydrogen-bond donors (Lipinski definition) is 1. The van der Waals surface area contributed by atoms with Crippen molar-refractivity contribution in [2.24, 2.45) is 0 Å². The van der Waals surface area contributed by atoms with Gasteiger partial charge in [-0.3, -0.25) is 0 Å². The maximum absolute atomic E-state index is 5.80.